The molecule has 12 heteroatoms. The van der Waals surface area contributed by atoms with E-state index in [2.05, 4.69) is 118 Å². The Balaban J connectivity index is 4.78. The predicted molar refractivity (Wildman–Crippen MR) is 334 cm³/mol. The molecule has 0 bridgehead atoms. The van der Waals surface area contributed by atoms with Gasteiger partial charge in [-0.15, -0.1) is 0 Å². The number of aliphatic hydroxyl groups excluding tert-OH is 1. The van der Waals surface area contributed by atoms with Gasteiger partial charge in [0, 0.05) is 19.3 Å². The van der Waals surface area contributed by atoms with Crippen molar-refractivity contribution in [1.82, 2.24) is 0 Å². The van der Waals surface area contributed by atoms with E-state index in [0.717, 1.165) is 103 Å². The van der Waals surface area contributed by atoms with Crippen molar-refractivity contribution >= 4 is 25.7 Å². The van der Waals surface area contributed by atoms with Crippen LogP contribution in [-0.2, 0) is 42.2 Å². The van der Waals surface area contributed by atoms with Crippen LogP contribution >= 0.6 is 7.82 Å². The van der Waals surface area contributed by atoms with Crippen LogP contribution in [0.1, 0.15) is 265 Å². The van der Waals surface area contributed by atoms with Gasteiger partial charge in [-0.25, -0.2) is 4.57 Å². The third-order valence-electron chi connectivity index (χ3n) is 13.2. The van der Waals surface area contributed by atoms with Gasteiger partial charge in [0.25, 0.3) is 0 Å². The first-order chi connectivity index (χ1) is 39.2. The van der Waals surface area contributed by atoms with Crippen molar-refractivity contribution in [2.24, 2.45) is 0 Å². The number of unbranched alkanes of at least 4 members (excludes halogenated alkanes) is 23. The molecule has 0 heterocycles. The fourth-order valence-corrected chi connectivity index (χ4v) is 9.24. The first-order valence-electron chi connectivity index (χ1n) is 31.8. The molecule has 0 amide bonds. The second kappa shape index (κ2) is 61.2. The molecule has 0 saturated heterocycles. The van der Waals surface area contributed by atoms with Gasteiger partial charge in [0.15, 0.2) is 6.10 Å². The number of hydrogen-bond acceptors (Lipinski definition) is 10. The lowest BCUT2D eigenvalue weighted by molar-refractivity contribution is -0.161. The van der Waals surface area contributed by atoms with Gasteiger partial charge in [-0.2, -0.15) is 0 Å². The van der Waals surface area contributed by atoms with Crippen molar-refractivity contribution in [3.63, 3.8) is 0 Å². The van der Waals surface area contributed by atoms with Gasteiger partial charge in [0.1, 0.15) is 12.7 Å². The second-order valence-corrected chi connectivity index (χ2v) is 22.3. The minimum absolute atomic E-state index is 0.0345. The van der Waals surface area contributed by atoms with Crippen LogP contribution in [0.15, 0.2) is 109 Å². The Morgan fingerprint density at radius 1 is 0.362 bits per heavy atom. The SMILES string of the molecule is CC/C=C\C/C=C\C/C=C\C/C=C\C/C=C\C/C=C\CCC(=O)OC(COC(=O)CCCCCCC/C=C\C/C=C\C/C=C\CC)COP(=O)(O)OCC(CO)OC(=O)CCCCCCCCCCCCCCCCCCCCC. The zero-order valence-electron chi connectivity index (χ0n) is 50.8. The maximum atomic E-state index is 12.9. The molecule has 3 unspecified atom stereocenters. The molecule has 11 nitrogen and oxygen atoms in total. The first-order valence-corrected chi connectivity index (χ1v) is 33.3. The number of hydrogen-bond donors (Lipinski definition) is 2. The molecule has 0 spiro atoms. The number of rotatable bonds is 58. The highest BCUT2D eigenvalue weighted by molar-refractivity contribution is 7.47. The van der Waals surface area contributed by atoms with Crippen molar-refractivity contribution in [2.75, 3.05) is 26.4 Å². The normalized spacial score (nSPS) is 14.0. The first kappa shape index (κ1) is 76.1. The second-order valence-electron chi connectivity index (χ2n) is 20.8. The molecule has 0 aliphatic heterocycles. The summed E-state index contributed by atoms with van der Waals surface area (Å²) in [6.07, 6.45) is 74.9. The molecule has 0 aliphatic rings. The minimum atomic E-state index is -4.78. The quantitative estimate of drug-likeness (QED) is 0.0197. The topological polar surface area (TPSA) is 155 Å². The Kier molecular flexibility index (Phi) is 58.3. The average molecular weight is 1140 g/mol. The highest BCUT2D eigenvalue weighted by atomic mass is 31.2. The molecule has 0 aromatic rings. The standard InChI is InChI=1S/C68H115O11P/c1-4-7-10-13-16-19-22-25-28-30-32-34-37-40-43-46-49-52-55-58-67(71)78-64(60-69)62-76-80(73,74)77-63-65(61-75-66(70)57-54-51-48-45-42-39-36-27-24-21-18-15-12-9-6-3)79-68(72)59-56-53-50-47-44-41-38-35-33-31-29-26-23-20-17-14-11-8-5-2/h8-9,11-12,17-18,20-21,26-27,29,33,35-36,41,44,50,53,64-65,69H,4-7,10,13-16,19,22-25,28,30-32,34,37-40,42-43,45-49,51-52,54-63H2,1-3H3,(H,73,74)/b11-8-,12-9-,20-17-,21-18-,29-26-,35-33-,36-27-,44-41-,53-50-. The van der Waals surface area contributed by atoms with E-state index in [1.807, 2.05) is 12.2 Å². The fourth-order valence-electron chi connectivity index (χ4n) is 8.46. The van der Waals surface area contributed by atoms with Crippen molar-refractivity contribution in [3.05, 3.63) is 109 Å². The molecule has 0 saturated carbocycles. The van der Waals surface area contributed by atoms with E-state index in [0.29, 0.717) is 25.7 Å². The van der Waals surface area contributed by atoms with Crippen molar-refractivity contribution in [1.29, 1.82) is 0 Å². The van der Waals surface area contributed by atoms with E-state index in [1.165, 1.54) is 96.3 Å². The summed E-state index contributed by atoms with van der Waals surface area (Å²) < 4.78 is 39.6. The van der Waals surface area contributed by atoms with Crippen LogP contribution < -0.4 is 0 Å². The smallest absolute Gasteiger partial charge is 0.462 e. The molecule has 0 fully saturated rings. The number of allylic oxidation sites excluding steroid dienone is 18. The summed E-state index contributed by atoms with van der Waals surface area (Å²) in [5.41, 5.74) is 0. The number of phosphoric acid groups is 1. The largest absolute Gasteiger partial charge is 0.472 e. The van der Waals surface area contributed by atoms with Gasteiger partial charge in [-0.1, -0.05) is 265 Å². The predicted octanol–water partition coefficient (Wildman–Crippen LogP) is 19.4. The van der Waals surface area contributed by atoms with Crippen LogP contribution in [0.25, 0.3) is 0 Å². The molecular weight excluding hydrogens is 1020 g/mol. The Hall–Kier alpha value is -3.86. The third-order valence-corrected chi connectivity index (χ3v) is 14.2. The van der Waals surface area contributed by atoms with Crippen LogP contribution in [0.5, 0.6) is 0 Å². The summed E-state index contributed by atoms with van der Waals surface area (Å²) in [6.45, 7) is 4.34. The highest BCUT2D eigenvalue weighted by Crippen LogP contribution is 2.43. The molecule has 0 rings (SSSR count). The van der Waals surface area contributed by atoms with E-state index in [-0.39, 0.29) is 25.9 Å². The third kappa shape index (κ3) is 58.8. The lowest BCUT2D eigenvalue weighted by atomic mass is 10.0. The molecule has 0 radical (unpaired) electrons. The lowest BCUT2D eigenvalue weighted by Crippen LogP contribution is -2.30. The summed E-state index contributed by atoms with van der Waals surface area (Å²) in [5, 5.41) is 9.86. The van der Waals surface area contributed by atoms with Gasteiger partial charge in [-0.3, -0.25) is 23.4 Å². The maximum Gasteiger partial charge on any atom is 0.472 e. The monoisotopic (exact) mass is 1140 g/mol. The van der Waals surface area contributed by atoms with Crippen LogP contribution in [0.2, 0.25) is 0 Å². The molecule has 458 valence electrons. The highest BCUT2D eigenvalue weighted by Gasteiger charge is 2.28. The molecule has 0 aromatic carbocycles. The summed E-state index contributed by atoms with van der Waals surface area (Å²) in [6, 6.07) is 0. The Morgan fingerprint density at radius 2 is 0.675 bits per heavy atom. The van der Waals surface area contributed by atoms with Crippen LogP contribution in [0.4, 0.5) is 0 Å². The summed E-state index contributed by atoms with van der Waals surface area (Å²) in [7, 11) is -4.78. The van der Waals surface area contributed by atoms with Crippen LogP contribution in [-0.4, -0.2) is 66.5 Å². The van der Waals surface area contributed by atoms with Crippen LogP contribution in [0, 0.1) is 0 Å². The minimum Gasteiger partial charge on any atom is -0.462 e. The zero-order chi connectivity index (χ0) is 58.3. The van der Waals surface area contributed by atoms with Gasteiger partial charge in [0.2, 0.25) is 0 Å². The molecule has 0 aromatic heterocycles. The van der Waals surface area contributed by atoms with Gasteiger partial charge < -0.3 is 24.2 Å². The molecule has 0 aliphatic carbocycles. The number of ether oxygens (including phenoxy) is 3. The summed E-state index contributed by atoms with van der Waals surface area (Å²) >= 11 is 0. The van der Waals surface area contributed by atoms with Crippen molar-refractivity contribution in [2.45, 2.75) is 277 Å². The fraction of sp³-hybridized carbons (Fsp3) is 0.691. The van der Waals surface area contributed by atoms with Gasteiger partial charge in [-0.05, 0) is 89.9 Å². The number of esters is 3. The Labute approximate surface area is 488 Å². The van der Waals surface area contributed by atoms with E-state index < -0.39 is 57.8 Å². The van der Waals surface area contributed by atoms with Gasteiger partial charge >= 0.3 is 25.7 Å². The van der Waals surface area contributed by atoms with E-state index in [1.54, 1.807) is 0 Å². The molecular formula is C68H115O11P. The van der Waals surface area contributed by atoms with E-state index in [9.17, 15) is 28.9 Å². The zero-order valence-corrected chi connectivity index (χ0v) is 51.7. The Bertz CT molecular complexity index is 1760. The summed E-state index contributed by atoms with van der Waals surface area (Å²) in [5.74, 6) is -1.59. The van der Waals surface area contributed by atoms with E-state index in [4.69, 9.17) is 23.3 Å². The molecule has 2 N–H and O–H groups in total. The molecule has 3 atom stereocenters. The average Bonchev–Trinajstić information content (AvgIpc) is 3.45. The molecule has 80 heavy (non-hydrogen) atoms. The number of carbonyl (C=O) groups excluding carboxylic acids is 3. The van der Waals surface area contributed by atoms with Crippen molar-refractivity contribution < 1.29 is 52.2 Å². The Morgan fingerprint density at radius 3 is 1.07 bits per heavy atom. The summed E-state index contributed by atoms with van der Waals surface area (Å²) in [4.78, 5) is 48.7. The van der Waals surface area contributed by atoms with Gasteiger partial charge in [0.05, 0.1) is 19.8 Å². The number of aliphatic hydroxyl groups is 1. The number of carbonyl (C=O) groups is 3. The van der Waals surface area contributed by atoms with E-state index >= 15 is 0 Å². The van der Waals surface area contributed by atoms with Crippen LogP contribution in [0.3, 0.4) is 0 Å². The maximum absolute atomic E-state index is 12.9. The lowest BCUT2D eigenvalue weighted by Gasteiger charge is -2.21. The van der Waals surface area contributed by atoms with Crippen molar-refractivity contribution in [3.8, 4) is 0 Å². The number of phosphoric ester groups is 1.